The third-order valence-corrected chi connectivity index (χ3v) is 5.38. The van der Waals surface area contributed by atoms with Crippen LogP contribution < -0.4 is 21.0 Å². The number of ether oxygens (including phenoxy) is 1. The van der Waals surface area contributed by atoms with Crippen LogP contribution in [0.25, 0.3) is 16.5 Å². The second-order valence-corrected chi connectivity index (χ2v) is 7.87. The Labute approximate surface area is 206 Å². The van der Waals surface area contributed by atoms with E-state index in [1.165, 1.54) is 6.21 Å². The van der Waals surface area contributed by atoms with Crippen molar-refractivity contribution in [2.75, 3.05) is 11.9 Å². The van der Waals surface area contributed by atoms with Crippen LogP contribution in [-0.4, -0.2) is 34.3 Å². The SMILES string of the molecule is CCOc1ccc(-n2c(O)c(C=NNC(=O)C(=O)Nc3ccc(C)cc3)c3ccccc3c2=O)cc1. The number of nitrogens with zero attached hydrogens (tertiary/aromatic N) is 2. The van der Waals surface area contributed by atoms with Gasteiger partial charge < -0.3 is 15.2 Å². The predicted molar refractivity (Wildman–Crippen MR) is 138 cm³/mol. The molecule has 3 aromatic carbocycles. The normalized spacial score (nSPS) is 10.9. The molecule has 0 aliphatic heterocycles. The molecule has 4 aromatic rings. The van der Waals surface area contributed by atoms with Gasteiger partial charge in [0, 0.05) is 16.5 Å². The Morgan fingerprint density at radius 3 is 2.31 bits per heavy atom. The number of pyridine rings is 1. The molecule has 1 heterocycles. The van der Waals surface area contributed by atoms with Gasteiger partial charge in [0.1, 0.15) is 5.75 Å². The number of anilines is 1. The monoisotopic (exact) mass is 484 g/mol. The van der Waals surface area contributed by atoms with Crippen molar-refractivity contribution < 1.29 is 19.4 Å². The van der Waals surface area contributed by atoms with Crippen molar-refractivity contribution in [1.82, 2.24) is 9.99 Å². The Hall–Kier alpha value is -4.92. The number of carbonyl (C=O) groups is 2. The topological polar surface area (TPSA) is 122 Å². The molecule has 0 radical (unpaired) electrons. The summed E-state index contributed by atoms with van der Waals surface area (Å²) in [6.07, 6.45) is 1.19. The summed E-state index contributed by atoms with van der Waals surface area (Å²) in [5.74, 6) is -1.63. The maximum atomic E-state index is 13.2. The second kappa shape index (κ2) is 10.6. The molecule has 2 amide bonds. The Bertz CT molecular complexity index is 1510. The highest BCUT2D eigenvalue weighted by atomic mass is 16.5. The minimum absolute atomic E-state index is 0.193. The summed E-state index contributed by atoms with van der Waals surface area (Å²) in [7, 11) is 0. The zero-order chi connectivity index (χ0) is 25.7. The number of rotatable bonds is 6. The molecule has 9 nitrogen and oxygen atoms in total. The van der Waals surface area contributed by atoms with Gasteiger partial charge in [-0.3, -0.25) is 14.4 Å². The maximum Gasteiger partial charge on any atom is 0.329 e. The zero-order valence-corrected chi connectivity index (χ0v) is 19.7. The first-order chi connectivity index (χ1) is 17.4. The van der Waals surface area contributed by atoms with E-state index < -0.39 is 17.4 Å². The average molecular weight is 485 g/mol. The van der Waals surface area contributed by atoms with Crippen molar-refractivity contribution in [2.45, 2.75) is 13.8 Å². The third-order valence-electron chi connectivity index (χ3n) is 5.38. The van der Waals surface area contributed by atoms with Crippen LogP contribution in [0.1, 0.15) is 18.1 Å². The first-order valence-electron chi connectivity index (χ1n) is 11.2. The highest BCUT2D eigenvalue weighted by Gasteiger charge is 2.17. The lowest BCUT2D eigenvalue weighted by Gasteiger charge is -2.14. The Balaban J connectivity index is 1.63. The van der Waals surface area contributed by atoms with Crippen LogP contribution in [0.5, 0.6) is 11.6 Å². The third kappa shape index (κ3) is 5.10. The summed E-state index contributed by atoms with van der Waals surface area (Å²) in [5, 5.41) is 18.1. The fourth-order valence-electron chi connectivity index (χ4n) is 3.62. The number of aryl methyl sites for hydroxylation is 1. The quantitative estimate of drug-likeness (QED) is 0.220. The van der Waals surface area contributed by atoms with Gasteiger partial charge in [-0.2, -0.15) is 5.10 Å². The van der Waals surface area contributed by atoms with Crippen LogP contribution in [-0.2, 0) is 9.59 Å². The van der Waals surface area contributed by atoms with Crippen LogP contribution in [0.15, 0.2) is 82.7 Å². The van der Waals surface area contributed by atoms with Crippen LogP contribution in [0.3, 0.4) is 0 Å². The van der Waals surface area contributed by atoms with Crippen molar-refractivity contribution in [3.8, 4) is 17.3 Å². The fraction of sp³-hybridized carbons (Fsp3) is 0.111. The van der Waals surface area contributed by atoms with E-state index >= 15 is 0 Å². The van der Waals surface area contributed by atoms with Crippen LogP contribution >= 0.6 is 0 Å². The number of nitrogens with one attached hydrogen (secondary N) is 2. The zero-order valence-electron chi connectivity index (χ0n) is 19.7. The molecular weight excluding hydrogens is 460 g/mol. The van der Waals surface area contributed by atoms with E-state index in [-0.39, 0.29) is 11.4 Å². The van der Waals surface area contributed by atoms with E-state index in [9.17, 15) is 19.5 Å². The standard InChI is InChI=1S/C27H24N4O5/c1-3-36-20-14-12-19(13-15-20)31-26(34)22-7-5-4-6-21(22)23(27(31)35)16-28-30-25(33)24(32)29-18-10-8-17(2)9-11-18/h4-16,35H,3H2,1-2H3,(H,29,32)(H,30,33). The summed E-state index contributed by atoms with van der Waals surface area (Å²) in [4.78, 5) is 37.6. The van der Waals surface area contributed by atoms with Gasteiger partial charge in [-0.1, -0.05) is 35.9 Å². The largest absolute Gasteiger partial charge is 0.494 e. The number of hydrogen-bond acceptors (Lipinski definition) is 6. The lowest BCUT2D eigenvalue weighted by molar-refractivity contribution is -0.136. The number of benzene rings is 3. The van der Waals surface area contributed by atoms with Crippen molar-refractivity contribution in [2.24, 2.45) is 5.10 Å². The highest BCUT2D eigenvalue weighted by Crippen LogP contribution is 2.26. The van der Waals surface area contributed by atoms with Gasteiger partial charge in [0.25, 0.3) is 5.56 Å². The highest BCUT2D eigenvalue weighted by molar-refractivity contribution is 6.39. The molecule has 0 atom stereocenters. The van der Waals surface area contributed by atoms with Gasteiger partial charge in [-0.15, -0.1) is 0 Å². The number of hydrazone groups is 1. The van der Waals surface area contributed by atoms with Crippen molar-refractivity contribution >= 4 is 34.5 Å². The molecule has 9 heteroatoms. The van der Waals surface area contributed by atoms with E-state index in [1.807, 2.05) is 13.8 Å². The summed E-state index contributed by atoms with van der Waals surface area (Å²) in [5.41, 5.74) is 3.82. The lowest BCUT2D eigenvalue weighted by atomic mass is 10.1. The van der Waals surface area contributed by atoms with E-state index in [4.69, 9.17) is 4.74 Å². The van der Waals surface area contributed by atoms with Gasteiger partial charge >= 0.3 is 11.8 Å². The lowest BCUT2D eigenvalue weighted by Crippen LogP contribution is -2.32. The van der Waals surface area contributed by atoms with E-state index in [2.05, 4.69) is 15.8 Å². The van der Waals surface area contributed by atoms with E-state index in [1.54, 1.807) is 72.8 Å². The number of amides is 2. The molecule has 182 valence electrons. The summed E-state index contributed by atoms with van der Waals surface area (Å²) in [6.45, 7) is 4.27. The van der Waals surface area contributed by atoms with Crippen LogP contribution in [0.4, 0.5) is 5.69 Å². The molecule has 0 aliphatic carbocycles. The molecule has 0 spiro atoms. The van der Waals surface area contributed by atoms with E-state index in [0.29, 0.717) is 34.5 Å². The molecule has 0 aliphatic rings. The Kier molecular flexibility index (Phi) is 7.10. The van der Waals surface area contributed by atoms with E-state index in [0.717, 1.165) is 10.1 Å². The molecular formula is C27H24N4O5. The molecule has 0 fully saturated rings. The molecule has 36 heavy (non-hydrogen) atoms. The number of aromatic hydroxyl groups is 1. The maximum absolute atomic E-state index is 13.2. The fourth-order valence-corrected chi connectivity index (χ4v) is 3.62. The second-order valence-electron chi connectivity index (χ2n) is 7.87. The van der Waals surface area contributed by atoms with Gasteiger partial charge in [-0.25, -0.2) is 9.99 Å². The summed E-state index contributed by atoms with van der Waals surface area (Å²) < 4.78 is 6.59. The summed E-state index contributed by atoms with van der Waals surface area (Å²) >= 11 is 0. The van der Waals surface area contributed by atoms with Gasteiger partial charge in [0.05, 0.1) is 24.1 Å². The minimum atomic E-state index is -0.990. The summed E-state index contributed by atoms with van der Waals surface area (Å²) in [6, 6.07) is 20.4. The molecule has 0 saturated heterocycles. The Morgan fingerprint density at radius 2 is 1.64 bits per heavy atom. The molecule has 0 bridgehead atoms. The predicted octanol–water partition coefficient (Wildman–Crippen LogP) is 3.49. The van der Waals surface area contributed by atoms with Gasteiger partial charge in [0.2, 0.25) is 5.88 Å². The van der Waals surface area contributed by atoms with Gasteiger partial charge in [0.15, 0.2) is 0 Å². The van der Waals surface area contributed by atoms with Crippen molar-refractivity contribution in [3.05, 3.63) is 94.3 Å². The molecule has 1 aromatic heterocycles. The molecule has 4 rings (SSSR count). The molecule has 0 unspecified atom stereocenters. The van der Waals surface area contributed by atoms with Crippen molar-refractivity contribution in [3.63, 3.8) is 0 Å². The van der Waals surface area contributed by atoms with Gasteiger partial charge in [-0.05, 0) is 56.3 Å². The van der Waals surface area contributed by atoms with Crippen LogP contribution in [0, 0.1) is 6.92 Å². The minimum Gasteiger partial charge on any atom is -0.494 e. The first kappa shape index (κ1) is 24.2. The molecule has 0 saturated carbocycles. The number of carbonyl (C=O) groups excluding carboxylic acids is 2. The van der Waals surface area contributed by atoms with Crippen molar-refractivity contribution in [1.29, 1.82) is 0 Å². The Morgan fingerprint density at radius 1 is 0.972 bits per heavy atom. The number of aromatic nitrogens is 1. The molecule has 3 N–H and O–H groups in total. The number of fused-ring (bicyclic) bond motifs is 1. The smallest absolute Gasteiger partial charge is 0.329 e. The van der Waals surface area contributed by atoms with Crippen LogP contribution in [0.2, 0.25) is 0 Å². The first-order valence-corrected chi connectivity index (χ1v) is 11.2. The number of hydrogen-bond donors (Lipinski definition) is 3. The average Bonchev–Trinajstić information content (AvgIpc) is 2.88.